The molecule has 2 heterocycles. The maximum Gasteiger partial charge on any atom is 0.250 e. The molecule has 0 saturated heterocycles. The van der Waals surface area contributed by atoms with Crippen molar-refractivity contribution in [3.8, 4) is 22.8 Å². The van der Waals surface area contributed by atoms with Crippen LogP contribution in [0.15, 0.2) is 83.2 Å². The van der Waals surface area contributed by atoms with E-state index in [1.807, 2.05) is 53.1 Å². The van der Waals surface area contributed by atoms with E-state index in [9.17, 15) is 4.79 Å². The number of aromatic nitrogens is 4. The van der Waals surface area contributed by atoms with Gasteiger partial charge in [-0.1, -0.05) is 29.4 Å². The van der Waals surface area contributed by atoms with Crippen molar-refractivity contribution >= 4 is 35.5 Å². The molecule has 4 rings (SSSR count). The third kappa shape index (κ3) is 5.76. The zero-order chi connectivity index (χ0) is 23.0. The van der Waals surface area contributed by atoms with Crippen LogP contribution in [0.25, 0.3) is 17.1 Å². The summed E-state index contributed by atoms with van der Waals surface area (Å²) in [4.78, 5) is 16.4. The minimum atomic E-state index is -0.274. The molecule has 2 aromatic carbocycles. The summed E-state index contributed by atoms with van der Waals surface area (Å²) in [7, 11) is 1.62. The first-order chi connectivity index (χ1) is 16.1. The lowest BCUT2D eigenvalue weighted by atomic mass is 10.2. The van der Waals surface area contributed by atoms with Gasteiger partial charge in [0, 0.05) is 22.5 Å². The number of nitrogens with zero attached hydrogens (tertiary/aromatic N) is 5. The Morgan fingerprint density at radius 3 is 2.61 bits per heavy atom. The van der Waals surface area contributed by atoms with Crippen LogP contribution in [0.4, 0.5) is 0 Å². The molecule has 0 aliphatic heterocycles. The van der Waals surface area contributed by atoms with Gasteiger partial charge in [0.05, 0.1) is 24.8 Å². The number of benzene rings is 2. The monoisotopic (exact) mass is 478 g/mol. The molecular formula is C23H19ClN6O2S. The number of rotatable bonds is 8. The van der Waals surface area contributed by atoms with Crippen LogP contribution in [0.1, 0.15) is 5.69 Å². The molecule has 8 nitrogen and oxygen atoms in total. The van der Waals surface area contributed by atoms with E-state index in [2.05, 4.69) is 25.7 Å². The number of carbonyl (C=O) groups excluding carboxylic acids is 1. The van der Waals surface area contributed by atoms with Crippen molar-refractivity contribution in [1.82, 2.24) is 25.2 Å². The Morgan fingerprint density at radius 1 is 1.12 bits per heavy atom. The maximum atomic E-state index is 12.3. The molecule has 0 atom stereocenters. The number of carbonyl (C=O) groups is 1. The van der Waals surface area contributed by atoms with Crippen LogP contribution in [-0.2, 0) is 4.79 Å². The highest BCUT2D eigenvalue weighted by atomic mass is 35.5. The van der Waals surface area contributed by atoms with Crippen LogP contribution in [0.5, 0.6) is 5.75 Å². The fraction of sp³-hybridized carbons (Fsp3) is 0.0870. The van der Waals surface area contributed by atoms with Crippen LogP contribution in [0.2, 0.25) is 5.02 Å². The normalized spacial score (nSPS) is 11.0. The number of amides is 1. The Balaban J connectivity index is 1.53. The van der Waals surface area contributed by atoms with Gasteiger partial charge < -0.3 is 4.74 Å². The zero-order valence-corrected chi connectivity index (χ0v) is 19.1. The summed E-state index contributed by atoms with van der Waals surface area (Å²) in [5, 5.41) is 13.8. The summed E-state index contributed by atoms with van der Waals surface area (Å²) in [6, 6.07) is 20.3. The fourth-order valence-corrected chi connectivity index (χ4v) is 3.77. The van der Waals surface area contributed by atoms with E-state index in [1.54, 1.807) is 31.5 Å². The van der Waals surface area contributed by atoms with Crippen LogP contribution in [0, 0.1) is 0 Å². The number of halogens is 1. The molecule has 0 aliphatic carbocycles. The molecule has 4 aromatic rings. The fourth-order valence-electron chi connectivity index (χ4n) is 2.90. The van der Waals surface area contributed by atoms with Crippen LogP contribution in [0.3, 0.4) is 0 Å². The molecule has 1 N–H and O–H groups in total. The SMILES string of the molecule is COc1ccc(-c2nnc(SCC(=O)N/N=C/c3ccccn3)n2-c2ccc(Cl)cc2)cc1. The van der Waals surface area contributed by atoms with E-state index in [0.717, 1.165) is 17.0 Å². The molecule has 2 aromatic heterocycles. The van der Waals surface area contributed by atoms with Gasteiger partial charge in [-0.3, -0.25) is 14.3 Å². The molecule has 0 saturated carbocycles. The van der Waals surface area contributed by atoms with Crippen molar-refractivity contribution in [2.45, 2.75) is 5.16 Å². The largest absolute Gasteiger partial charge is 0.497 e. The minimum Gasteiger partial charge on any atom is -0.497 e. The second kappa shape index (κ2) is 10.8. The van der Waals surface area contributed by atoms with E-state index >= 15 is 0 Å². The van der Waals surface area contributed by atoms with Gasteiger partial charge in [-0.15, -0.1) is 10.2 Å². The molecular weight excluding hydrogens is 460 g/mol. The van der Waals surface area contributed by atoms with Gasteiger partial charge in [0.1, 0.15) is 5.75 Å². The topological polar surface area (TPSA) is 94.3 Å². The van der Waals surface area contributed by atoms with Gasteiger partial charge in [-0.05, 0) is 60.7 Å². The van der Waals surface area contributed by atoms with Gasteiger partial charge in [-0.25, -0.2) is 5.43 Å². The van der Waals surface area contributed by atoms with Crippen molar-refractivity contribution in [1.29, 1.82) is 0 Å². The smallest absolute Gasteiger partial charge is 0.250 e. The molecule has 0 unspecified atom stereocenters. The first kappa shape index (κ1) is 22.5. The average Bonchev–Trinajstić information content (AvgIpc) is 3.28. The first-order valence-corrected chi connectivity index (χ1v) is 11.2. The van der Waals surface area contributed by atoms with E-state index in [1.165, 1.54) is 18.0 Å². The highest BCUT2D eigenvalue weighted by Crippen LogP contribution is 2.29. The Bertz CT molecular complexity index is 1240. The number of pyridine rings is 1. The summed E-state index contributed by atoms with van der Waals surface area (Å²) in [6.45, 7) is 0. The summed E-state index contributed by atoms with van der Waals surface area (Å²) in [5.74, 6) is 1.21. The Morgan fingerprint density at radius 2 is 1.91 bits per heavy atom. The Labute approximate surface area is 199 Å². The highest BCUT2D eigenvalue weighted by molar-refractivity contribution is 7.99. The summed E-state index contributed by atoms with van der Waals surface area (Å²) >= 11 is 7.32. The van der Waals surface area contributed by atoms with Gasteiger partial charge in [-0.2, -0.15) is 5.10 Å². The standard InChI is InChI=1S/C23H19ClN6O2S/c1-32-20-11-5-16(6-12-20)22-28-29-23(30(22)19-9-7-17(24)8-10-19)33-15-21(31)27-26-14-18-4-2-3-13-25-18/h2-14H,15H2,1H3,(H,27,31)/b26-14+. The second-order valence-electron chi connectivity index (χ2n) is 6.68. The van der Waals surface area contributed by atoms with Gasteiger partial charge in [0.2, 0.25) is 0 Å². The maximum absolute atomic E-state index is 12.3. The average molecular weight is 479 g/mol. The van der Waals surface area contributed by atoms with Crippen molar-refractivity contribution in [2.75, 3.05) is 12.9 Å². The number of ether oxygens (including phenoxy) is 1. The zero-order valence-electron chi connectivity index (χ0n) is 17.6. The molecule has 1 amide bonds. The highest BCUT2D eigenvalue weighted by Gasteiger charge is 2.17. The van der Waals surface area contributed by atoms with Crippen molar-refractivity contribution in [2.24, 2.45) is 5.10 Å². The second-order valence-corrected chi connectivity index (χ2v) is 8.06. The molecule has 166 valence electrons. The first-order valence-electron chi connectivity index (χ1n) is 9.85. The molecule has 0 spiro atoms. The molecule has 0 bridgehead atoms. The quantitative estimate of drug-likeness (QED) is 0.231. The Kier molecular flexibility index (Phi) is 7.33. The van der Waals surface area contributed by atoms with Gasteiger partial charge in [0.15, 0.2) is 11.0 Å². The summed E-state index contributed by atoms with van der Waals surface area (Å²) in [6.07, 6.45) is 3.14. The van der Waals surface area contributed by atoms with E-state index < -0.39 is 0 Å². The number of hydrogen-bond acceptors (Lipinski definition) is 7. The number of thioether (sulfide) groups is 1. The summed E-state index contributed by atoms with van der Waals surface area (Å²) < 4.78 is 7.12. The number of methoxy groups -OCH3 is 1. The van der Waals surface area contributed by atoms with E-state index in [4.69, 9.17) is 16.3 Å². The van der Waals surface area contributed by atoms with Crippen LogP contribution in [-0.4, -0.2) is 44.7 Å². The van der Waals surface area contributed by atoms with Crippen molar-refractivity contribution < 1.29 is 9.53 Å². The molecule has 33 heavy (non-hydrogen) atoms. The lowest BCUT2D eigenvalue weighted by molar-refractivity contribution is -0.118. The van der Waals surface area contributed by atoms with Crippen molar-refractivity contribution in [3.63, 3.8) is 0 Å². The van der Waals surface area contributed by atoms with E-state index in [0.29, 0.717) is 21.7 Å². The van der Waals surface area contributed by atoms with Crippen LogP contribution < -0.4 is 10.2 Å². The number of hydrazone groups is 1. The lowest BCUT2D eigenvalue weighted by Crippen LogP contribution is -2.20. The predicted molar refractivity (Wildman–Crippen MR) is 129 cm³/mol. The van der Waals surface area contributed by atoms with Gasteiger partial charge in [0.25, 0.3) is 5.91 Å². The molecule has 0 radical (unpaired) electrons. The number of nitrogens with one attached hydrogen (secondary N) is 1. The van der Waals surface area contributed by atoms with Crippen LogP contribution >= 0.6 is 23.4 Å². The van der Waals surface area contributed by atoms with E-state index in [-0.39, 0.29) is 11.7 Å². The number of hydrogen-bond donors (Lipinski definition) is 1. The third-order valence-corrected chi connectivity index (χ3v) is 5.65. The molecule has 10 heteroatoms. The third-order valence-electron chi connectivity index (χ3n) is 4.47. The van der Waals surface area contributed by atoms with Crippen molar-refractivity contribution in [3.05, 3.63) is 83.6 Å². The molecule has 0 aliphatic rings. The Hall–Kier alpha value is -3.69. The molecule has 0 fully saturated rings. The predicted octanol–water partition coefficient (Wildman–Crippen LogP) is 4.23. The summed E-state index contributed by atoms with van der Waals surface area (Å²) in [5.41, 5.74) is 4.83. The van der Waals surface area contributed by atoms with Gasteiger partial charge >= 0.3 is 0 Å². The lowest BCUT2D eigenvalue weighted by Gasteiger charge is -2.11. The minimum absolute atomic E-state index is 0.105.